The van der Waals surface area contributed by atoms with E-state index in [4.69, 9.17) is 11.6 Å². The fourth-order valence-corrected chi connectivity index (χ4v) is 0.923. The Bertz CT molecular complexity index is 156. The van der Waals surface area contributed by atoms with Crippen LogP contribution in [0.2, 0.25) is 0 Å². The van der Waals surface area contributed by atoms with Gasteiger partial charge in [-0.05, 0) is 6.42 Å². The van der Waals surface area contributed by atoms with Crippen LogP contribution in [0.25, 0.3) is 0 Å². The molecule has 0 amide bonds. The van der Waals surface area contributed by atoms with Gasteiger partial charge in [0.25, 0.3) is 0 Å². The number of ether oxygens (including phenoxy) is 1. The van der Waals surface area contributed by atoms with Crippen LogP contribution in [0.15, 0.2) is 0 Å². The van der Waals surface area contributed by atoms with E-state index in [9.17, 15) is 9.59 Å². The van der Waals surface area contributed by atoms with Crippen molar-refractivity contribution in [2.75, 3.05) is 0 Å². The van der Waals surface area contributed by atoms with E-state index in [-0.39, 0.29) is 6.42 Å². The molecule has 0 aromatic rings. The quantitative estimate of drug-likeness (QED) is 0.291. The maximum atomic E-state index is 10.7. The summed E-state index contributed by atoms with van der Waals surface area (Å²) in [6.45, 7) is 2.08. The average molecular weight is 193 g/mol. The summed E-state index contributed by atoms with van der Waals surface area (Å²) < 4.78 is 4.12. The van der Waals surface area contributed by atoms with Gasteiger partial charge >= 0.3 is 11.4 Å². The van der Waals surface area contributed by atoms with Crippen LogP contribution in [0.4, 0.5) is 4.79 Å². The second-order valence-electron chi connectivity index (χ2n) is 2.52. The van der Waals surface area contributed by atoms with E-state index in [1.807, 2.05) is 0 Å². The zero-order chi connectivity index (χ0) is 9.40. The van der Waals surface area contributed by atoms with Crippen LogP contribution in [-0.4, -0.2) is 11.4 Å². The van der Waals surface area contributed by atoms with E-state index in [1.54, 1.807) is 0 Å². The summed E-state index contributed by atoms with van der Waals surface area (Å²) in [5.74, 6) is -0.536. The van der Waals surface area contributed by atoms with Crippen LogP contribution in [0.3, 0.4) is 0 Å². The van der Waals surface area contributed by atoms with Gasteiger partial charge in [-0.3, -0.25) is 4.79 Å². The van der Waals surface area contributed by atoms with Crippen LogP contribution < -0.4 is 0 Å². The van der Waals surface area contributed by atoms with E-state index in [0.29, 0.717) is 0 Å². The number of halogens is 1. The number of hydrogen-bond donors (Lipinski definition) is 0. The first-order chi connectivity index (χ1) is 5.66. The van der Waals surface area contributed by atoms with E-state index >= 15 is 0 Å². The zero-order valence-electron chi connectivity index (χ0n) is 7.14. The second-order valence-corrected chi connectivity index (χ2v) is 2.83. The minimum absolute atomic E-state index is 0.276. The Balaban J connectivity index is 3.26. The standard InChI is InChI=1S/C8H13ClO3/c1-2-3-4-5-6-7(10)12-8(9)11/h2-6H2,1H3. The van der Waals surface area contributed by atoms with E-state index in [1.165, 1.54) is 0 Å². The summed E-state index contributed by atoms with van der Waals surface area (Å²) in [6, 6.07) is 0. The van der Waals surface area contributed by atoms with Gasteiger partial charge < -0.3 is 4.74 Å². The van der Waals surface area contributed by atoms with Gasteiger partial charge in [0.1, 0.15) is 0 Å². The van der Waals surface area contributed by atoms with Crippen molar-refractivity contribution >= 4 is 23.0 Å². The molecule has 12 heavy (non-hydrogen) atoms. The van der Waals surface area contributed by atoms with Gasteiger partial charge in [0, 0.05) is 18.0 Å². The molecule has 0 radical (unpaired) electrons. The average Bonchev–Trinajstić information content (AvgIpc) is 1.97. The molecular formula is C8H13ClO3. The Labute approximate surface area is 77.0 Å². The molecule has 0 heterocycles. The van der Waals surface area contributed by atoms with Gasteiger partial charge in [0.05, 0.1) is 0 Å². The minimum atomic E-state index is -1.05. The molecule has 0 aromatic heterocycles. The van der Waals surface area contributed by atoms with Crippen molar-refractivity contribution < 1.29 is 14.3 Å². The lowest BCUT2D eigenvalue weighted by Gasteiger charge is -1.97. The van der Waals surface area contributed by atoms with Crippen LogP contribution in [0.5, 0.6) is 0 Å². The summed E-state index contributed by atoms with van der Waals surface area (Å²) in [5.41, 5.74) is -1.05. The molecule has 0 spiro atoms. The van der Waals surface area contributed by atoms with Gasteiger partial charge in [-0.1, -0.05) is 26.2 Å². The summed E-state index contributed by atoms with van der Waals surface area (Å²) in [5, 5.41) is 0. The SMILES string of the molecule is CCCCCCC(=O)OC(=O)Cl. The third kappa shape index (κ3) is 7.54. The first kappa shape index (κ1) is 11.4. The lowest BCUT2D eigenvalue weighted by Crippen LogP contribution is -2.05. The Morgan fingerprint density at radius 2 is 1.92 bits per heavy atom. The van der Waals surface area contributed by atoms with Crippen LogP contribution >= 0.6 is 11.6 Å². The molecule has 0 rings (SSSR count). The predicted octanol–water partition coefficient (Wildman–Crippen LogP) is 2.86. The molecule has 0 saturated heterocycles. The normalized spacial score (nSPS) is 9.50. The number of rotatable bonds is 5. The van der Waals surface area contributed by atoms with E-state index in [2.05, 4.69) is 11.7 Å². The monoisotopic (exact) mass is 192 g/mol. The van der Waals surface area contributed by atoms with Crippen LogP contribution in [0.1, 0.15) is 39.0 Å². The molecule has 4 heteroatoms. The van der Waals surface area contributed by atoms with Crippen molar-refractivity contribution in [1.82, 2.24) is 0 Å². The van der Waals surface area contributed by atoms with Crippen LogP contribution in [0, 0.1) is 0 Å². The molecule has 0 unspecified atom stereocenters. The lowest BCUT2D eigenvalue weighted by molar-refractivity contribution is -0.136. The molecule has 0 aliphatic heterocycles. The molecule has 0 saturated carbocycles. The second kappa shape index (κ2) is 7.10. The third-order valence-electron chi connectivity index (χ3n) is 1.43. The first-order valence-corrected chi connectivity index (χ1v) is 4.44. The van der Waals surface area contributed by atoms with Crippen molar-refractivity contribution in [1.29, 1.82) is 0 Å². The molecule has 0 fully saturated rings. The van der Waals surface area contributed by atoms with Crippen molar-refractivity contribution in [2.24, 2.45) is 0 Å². The Hall–Kier alpha value is -0.570. The van der Waals surface area contributed by atoms with Gasteiger partial charge in [0.2, 0.25) is 0 Å². The highest BCUT2D eigenvalue weighted by atomic mass is 35.5. The largest absolute Gasteiger partial charge is 0.411 e. The molecule has 0 aliphatic rings. The lowest BCUT2D eigenvalue weighted by atomic mass is 10.2. The third-order valence-corrected chi connectivity index (χ3v) is 1.51. The first-order valence-electron chi connectivity index (χ1n) is 4.07. The molecule has 0 N–H and O–H groups in total. The van der Waals surface area contributed by atoms with Gasteiger partial charge in [-0.2, -0.15) is 0 Å². The number of unbranched alkanes of at least 4 members (excludes halogenated alkanes) is 3. The fraction of sp³-hybridized carbons (Fsp3) is 0.750. The van der Waals surface area contributed by atoms with Crippen molar-refractivity contribution in [2.45, 2.75) is 39.0 Å². The molecular weight excluding hydrogens is 180 g/mol. The molecule has 0 bridgehead atoms. The van der Waals surface area contributed by atoms with Crippen molar-refractivity contribution in [3.05, 3.63) is 0 Å². The summed E-state index contributed by atoms with van der Waals surface area (Å²) in [4.78, 5) is 20.8. The Morgan fingerprint density at radius 1 is 1.25 bits per heavy atom. The van der Waals surface area contributed by atoms with Gasteiger partial charge in [-0.15, -0.1) is 0 Å². The maximum Gasteiger partial charge on any atom is 0.411 e. The van der Waals surface area contributed by atoms with E-state index in [0.717, 1.165) is 25.7 Å². The predicted molar refractivity (Wildman–Crippen MR) is 46.1 cm³/mol. The molecule has 0 atom stereocenters. The highest BCUT2D eigenvalue weighted by Gasteiger charge is 2.05. The number of hydrogen-bond acceptors (Lipinski definition) is 3. The number of esters is 1. The topological polar surface area (TPSA) is 43.4 Å². The molecule has 0 aromatic carbocycles. The minimum Gasteiger partial charge on any atom is -0.381 e. The highest BCUT2D eigenvalue weighted by Crippen LogP contribution is 2.04. The Kier molecular flexibility index (Phi) is 6.76. The summed E-state index contributed by atoms with van der Waals surface area (Å²) >= 11 is 4.83. The molecule has 3 nitrogen and oxygen atoms in total. The highest BCUT2D eigenvalue weighted by molar-refractivity contribution is 6.61. The number of carbonyl (C=O) groups is 2. The fourth-order valence-electron chi connectivity index (χ4n) is 0.837. The summed E-state index contributed by atoms with van der Waals surface area (Å²) in [7, 11) is 0. The van der Waals surface area contributed by atoms with Gasteiger partial charge in [-0.25, -0.2) is 4.79 Å². The molecule has 0 aliphatic carbocycles. The molecule has 70 valence electrons. The number of carbonyl (C=O) groups excluding carboxylic acids is 2. The Morgan fingerprint density at radius 3 is 2.42 bits per heavy atom. The van der Waals surface area contributed by atoms with Gasteiger partial charge in [0.15, 0.2) is 0 Å². The van der Waals surface area contributed by atoms with Crippen molar-refractivity contribution in [3.63, 3.8) is 0 Å². The zero-order valence-corrected chi connectivity index (χ0v) is 7.89. The smallest absolute Gasteiger partial charge is 0.381 e. The summed E-state index contributed by atoms with van der Waals surface area (Å²) in [6.07, 6.45) is 4.24. The maximum absolute atomic E-state index is 10.7. The van der Waals surface area contributed by atoms with Crippen molar-refractivity contribution in [3.8, 4) is 0 Å². The van der Waals surface area contributed by atoms with Crippen LogP contribution in [-0.2, 0) is 9.53 Å². The van der Waals surface area contributed by atoms with E-state index < -0.39 is 11.4 Å².